The minimum absolute atomic E-state index is 0. The SMILES string of the molecule is [CH3-].[CH3-].[Ru+].[W]. The molecular formula is C2H6RuW-. The normalized spacial score (nSPS) is 0. The van der Waals surface area contributed by atoms with Gasteiger partial charge in [0.1, 0.15) is 0 Å². The molecule has 1 radical (unpaired) electrons. The fourth-order valence-electron chi connectivity index (χ4n) is 0. The summed E-state index contributed by atoms with van der Waals surface area (Å²) >= 11 is 0. The van der Waals surface area contributed by atoms with E-state index in [0.717, 1.165) is 0 Å². The first kappa shape index (κ1) is 57.4. The molecule has 0 N–H and O–H groups in total. The maximum atomic E-state index is 0. The van der Waals surface area contributed by atoms with E-state index in [1.807, 2.05) is 0 Å². The van der Waals surface area contributed by atoms with Gasteiger partial charge >= 0.3 is 19.5 Å². The molecule has 0 fully saturated rings. The predicted octanol–water partition coefficient (Wildman–Crippen LogP) is 0.896. The van der Waals surface area contributed by atoms with Gasteiger partial charge in [-0.15, -0.1) is 0 Å². The molecule has 0 aliphatic rings. The molecule has 0 atom stereocenters. The van der Waals surface area contributed by atoms with Crippen LogP contribution in [0.1, 0.15) is 0 Å². The first-order chi connectivity index (χ1) is 0. The molecule has 0 amide bonds. The van der Waals surface area contributed by atoms with Gasteiger partial charge in [0.2, 0.25) is 0 Å². The summed E-state index contributed by atoms with van der Waals surface area (Å²) in [6.07, 6.45) is 0. The molecule has 0 saturated heterocycles. The molecule has 0 bridgehead atoms. The molecule has 2 heteroatoms. The van der Waals surface area contributed by atoms with E-state index in [1.54, 1.807) is 0 Å². The third-order valence-corrected chi connectivity index (χ3v) is 0. The van der Waals surface area contributed by atoms with Crippen LogP contribution in [0.15, 0.2) is 0 Å². The van der Waals surface area contributed by atoms with Crippen molar-refractivity contribution in [3.8, 4) is 0 Å². The van der Waals surface area contributed by atoms with Gasteiger partial charge in [0.05, 0.1) is 0 Å². The summed E-state index contributed by atoms with van der Waals surface area (Å²) in [6.45, 7) is 0. The molecule has 0 rings (SSSR count). The summed E-state index contributed by atoms with van der Waals surface area (Å²) in [4.78, 5) is 0. The Labute approximate surface area is 55.4 Å². The molecule has 0 saturated carbocycles. The number of rotatable bonds is 0. The zero-order valence-electron chi connectivity index (χ0n) is 2.76. The van der Waals surface area contributed by atoms with Crippen LogP contribution in [0.4, 0.5) is 0 Å². The quantitative estimate of drug-likeness (QED) is 0.460. The van der Waals surface area contributed by atoms with Crippen molar-refractivity contribution in [3.63, 3.8) is 0 Å². The van der Waals surface area contributed by atoms with E-state index in [2.05, 4.69) is 0 Å². The van der Waals surface area contributed by atoms with Crippen LogP contribution >= 0.6 is 0 Å². The van der Waals surface area contributed by atoms with Crippen molar-refractivity contribution in [1.82, 2.24) is 0 Å². The summed E-state index contributed by atoms with van der Waals surface area (Å²) in [7, 11) is 0. The molecule has 4 heavy (non-hydrogen) atoms. The van der Waals surface area contributed by atoms with Crippen LogP contribution in [-0.2, 0) is 40.5 Å². The van der Waals surface area contributed by atoms with E-state index in [0.29, 0.717) is 0 Å². The van der Waals surface area contributed by atoms with Gasteiger partial charge in [-0.25, -0.2) is 0 Å². The van der Waals surface area contributed by atoms with E-state index in [1.165, 1.54) is 0 Å². The molecule has 0 aromatic carbocycles. The fraction of sp³-hybridized carbons (Fsp3) is 0. The Hall–Kier alpha value is 1.31. The predicted molar refractivity (Wildman–Crippen MR) is 12.8 cm³/mol. The van der Waals surface area contributed by atoms with E-state index in [-0.39, 0.29) is 55.4 Å². The average molecular weight is 315 g/mol. The summed E-state index contributed by atoms with van der Waals surface area (Å²) in [5, 5.41) is 0. The molecule has 0 unspecified atom stereocenters. The first-order valence-electron chi connectivity index (χ1n) is 0. The molecule has 0 heterocycles. The summed E-state index contributed by atoms with van der Waals surface area (Å²) in [5.74, 6) is 0. The van der Waals surface area contributed by atoms with Crippen molar-refractivity contribution in [3.05, 3.63) is 14.9 Å². The van der Waals surface area contributed by atoms with Gasteiger partial charge in [-0.2, -0.15) is 0 Å². The topological polar surface area (TPSA) is 0 Å². The molecule has 0 aliphatic heterocycles. The Morgan fingerprint density at radius 3 is 0.750 bits per heavy atom. The Kier molecular flexibility index (Phi) is 394. The number of hydrogen-bond donors (Lipinski definition) is 0. The molecule has 0 aliphatic carbocycles. The van der Waals surface area contributed by atoms with Gasteiger partial charge in [-0.1, -0.05) is 0 Å². The van der Waals surface area contributed by atoms with Gasteiger partial charge < -0.3 is 14.9 Å². The Bertz CT molecular complexity index is 6.00. The van der Waals surface area contributed by atoms with Crippen LogP contribution in [-0.4, -0.2) is 0 Å². The van der Waals surface area contributed by atoms with Crippen molar-refractivity contribution in [2.24, 2.45) is 0 Å². The maximum absolute atomic E-state index is 0. The van der Waals surface area contributed by atoms with Gasteiger partial charge in [0, 0.05) is 21.1 Å². The smallest absolute Gasteiger partial charge is 0.358 e. The minimum Gasteiger partial charge on any atom is -0.358 e. The van der Waals surface area contributed by atoms with Crippen LogP contribution in [0, 0.1) is 14.9 Å². The molecule has 0 nitrogen and oxygen atoms in total. The van der Waals surface area contributed by atoms with E-state index < -0.39 is 0 Å². The van der Waals surface area contributed by atoms with Crippen LogP contribution in [0.3, 0.4) is 0 Å². The van der Waals surface area contributed by atoms with Crippen LogP contribution in [0.2, 0.25) is 0 Å². The van der Waals surface area contributed by atoms with Crippen molar-refractivity contribution in [1.29, 1.82) is 0 Å². The number of hydrogen-bond acceptors (Lipinski definition) is 0. The third-order valence-electron chi connectivity index (χ3n) is 0. The van der Waals surface area contributed by atoms with Crippen LogP contribution < -0.4 is 0 Å². The van der Waals surface area contributed by atoms with Crippen LogP contribution in [0.25, 0.3) is 0 Å². The second kappa shape index (κ2) is 27.5. The Balaban J connectivity index is 0. The largest absolute Gasteiger partial charge is 1.00 e. The van der Waals surface area contributed by atoms with Gasteiger partial charge in [-0.3, -0.25) is 0 Å². The zero-order valence-corrected chi connectivity index (χ0v) is 7.43. The van der Waals surface area contributed by atoms with E-state index >= 15 is 0 Å². The van der Waals surface area contributed by atoms with E-state index in [4.69, 9.17) is 0 Å². The van der Waals surface area contributed by atoms with Gasteiger partial charge in [0.15, 0.2) is 0 Å². The van der Waals surface area contributed by atoms with Crippen molar-refractivity contribution >= 4 is 0 Å². The molecule has 0 aromatic heterocycles. The zero-order chi connectivity index (χ0) is 0. The first-order valence-corrected chi connectivity index (χ1v) is 0. The third kappa shape index (κ3) is 10.3. The molecule has 0 spiro atoms. The van der Waals surface area contributed by atoms with Gasteiger partial charge in [0.25, 0.3) is 0 Å². The fourth-order valence-corrected chi connectivity index (χ4v) is 0. The van der Waals surface area contributed by atoms with Crippen LogP contribution in [0.5, 0.6) is 0 Å². The second-order valence-electron chi connectivity index (χ2n) is 0. The molecular weight excluding hydrogens is 309 g/mol. The average Bonchev–Trinajstić information content (AvgIpc) is 0. The summed E-state index contributed by atoms with van der Waals surface area (Å²) in [6, 6.07) is 0. The standard InChI is InChI=1S/2CH3.Ru.W/h2*1H3;;/q2*-1;+1;. The molecule has 29 valence electrons. The summed E-state index contributed by atoms with van der Waals surface area (Å²) in [5.41, 5.74) is 0. The van der Waals surface area contributed by atoms with Crippen molar-refractivity contribution < 1.29 is 40.5 Å². The van der Waals surface area contributed by atoms with E-state index in [9.17, 15) is 0 Å². The second-order valence-corrected chi connectivity index (χ2v) is 0. The Morgan fingerprint density at radius 2 is 0.750 bits per heavy atom. The monoisotopic (exact) mass is 316 g/mol. The Morgan fingerprint density at radius 1 is 0.750 bits per heavy atom. The maximum Gasteiger partial charge on any atom is 1.00 e. The molecule has 0 aromatic rings. The van der Waals surface area contributed by atoms with Gasteiger partial charge in [-0.05, 0) is 0 Å². The van der Waals surface area contributed by atoms with Crippen molar-refractivity contribution in [2.45, 2.75) is 0 Å². The summed E-state index contributed by atoms with van der Waals surface area (Å²) < 4.78 is 0. The van der Waals surface area contributed by atoms with Crippen molar-refractivity contribution in [2.75, 3.05) is 0 Å². The minimum atomic E-state index is 0.